The van der Waals surface area contributed by atoms with Crippen LogP contribution in [0.1, 0.15) is 54.7 Å². The summed E-state index contributed by atoms with van der Waals surface area (Å²) in [5, 5.41) is 4.65. The first-order chi connectivity index (χ1) is 29.7. The molecule has 17 nitrogen and oxygen atoms in total. The summed E-state index contributed by atoms with van der Waals surface area (Å²) in [6.07, 6.45) is -5.05. The fourth-order valence-electron chi connectivity index (χ4n) is 6.59. The van der Waals surface area contributed by atoms with Gasteiger partial charge in [-0.3, -0.25) is 28.2 Å². The lowest BCUT2D eigenvalue weighted by Crippen LogP contribution is -2.50. The first-order valence-corrected chi connectivity index (χ1v) is 22.4. The molecule has 0 radical (unpaired) electrons. The van der Waals surface area contributed by atoms with Crippen LogP contribution in [0.5, 0.6) is 17.2 Å². The number of benzene rings is 4. The summed E-state index contributed by atoms with van der Waals surface area (Å²) in [5.41, 5.74) is -5.20. The first-order valence-electron chi connectivity index (χ1n) is 19.7. The maximum absolute atomic E-state index is 18.0. The minimum Gasteiger partial charge on any atom is -0.575 e. The highest BCUT2D eigenvalue weighted by Crippen LogP contribution is 2.57. The van der Waals surface area contributed by atoms with Gasteiger partial charge < -0.3 is 28.4 Å². The number of halogens is 2. The molecule has 2 unspecified atom stereocenters. The third-order valence-electron chi connectivity index (χ3n) is 9.44. The van der Waals surface area contributed by atoms with Crippen LogP contribution in [0.4, 0.5) is 8.78 Å². The molecule has 0 bridgehead atoms. The average Bonchev–Trinajstić information content (AvgIpc) is 3.39. The molecule has 1 saturated heterocycles. The van der Waals surface area contributed by atoms with Crippen molar-refractivity contribution in [3.05, 3.63) is 112 Å². The molecule has 0 saturated carbocycles. The third kappa shape index (κ3) is 11.0. The van der Waals surface area contributed by atoms with Crippen molar-refractivity contribution in [2.45, 2.75) is 96.6 Å². The summed E-state index contributed by atoms with van der Waals surface area (Å²) in [6.45, 7) is 8.56. The number of alkyl halides is 2. The van der Waals surface area contributed by atoms with Crippen molar-refractivity contribution in [1.29, 1.82) is 0 Å². The minimum absolute atomic E-state index is 0.0913. The Hall–Kier alpha value is -5.55. The standard InChI is InChI=1S/C42H46F2N4O13P2/c1-24(2)56-36(50)26(5)46-62(53)59-33-19-17-29-13-10-11-15-32(29)35(33)55-23-42(44)38(41(7,43)39(58-42)48-21-20-34(49)45-40(48)52)61-63(54,47-27(6)37(51)57-25(3)4)60-31-18-16-28-12-8-9-14-30(28)22-31/h8-22,24-27,38-39H,23H2,1-7H3,(H,47,54)(H,45,49,52)/t26-,27-,38-,39+,41+,42+,63?/m0/s1. The van der Waals surface area contributed by atoms with Crippen molar-refractivity contribution >= 4 is 49.4 Å². The van der Waals surface area contributed by atoms with E-state index in [4.69, 9.17) is 32.5 Å². The zero-order valence-electron chi connectivity index (χ0n) is 35.2. The van der Waals surface area contributed by atoms with E-state index in [-0.39, 0.29) is 22.6 Å². The van der Waals surface area contributed by atoms with Gasteiger partial charge in [0.15, 0.2) is 36.4 Å². The van der Waals surface area contributed by atoms with Crippen LogP contribution in [0.2, 0.25) is 0 Å². The van der Waals surface area contributed by atoms with Gasteiger partial charge in [0.05, 0.1) is 12.2 Å². The number of nitrogens with one attached hydrogen (secondary N) is 2. The van der Waals surface area contributed by atoms with Gasteiger partial charge in [0.2, 0.25) is 5.75 Å². The normalized spacial score (nSPS) is 22.1. The molecule has 336 valence electrons. The summed E-state index contributed by atoms with van der Waals surface area (Å²) < 4.78 is 94.7. The summed E-state index contributed by atoms with van der Waals surface area (Å²) >= 11 is 0. The lowest BCUT2D eigenvalue weighted by molar-refractivity contribution is -0.199. The van der Waals surface area contributed by atoms with Crippen LogP contribution in [-0.2, 0) is 32.9 Å². The number of rotatable bonds is 17. The number of ether oxygens (including phenoxy) is 4. The number of H-pyrrole nitrogens is 1. The number of aromatic amines is 1. The molecule has 0 amide bonds. The summed E-state index contributed by atoms with van der Waals surface area (Å²) in [7, 11) is -8.12. The third-order valence-corrected chi connectivity index (χ3v) is 12.0. The summed E-state index contributed by atoms with van der Waals surface area (Å²) in [4.78, 5) is 65.6. The van der Waals surface area contributed by atoms with Crippen LogP contribution in [-0.4, -0.2) is 70.0 Å². The van der Waals surface area contributed by atoms with E-state index in [2.05, 4.69) is 9.83 Å². The lowest BCUT2D eigenvalue weighted by atomic mass is 9.97. The molecule has 1 aromatic heterocycles. The van der Waals surface area contributed by atoms with Crippen LogP contribution in [0, 0.1) is 0 Å². The number of aromatic nitrogens is 2. The topological polar surface area (TPSA) is 218 Å². The minimum atomic E-state index is -5.14. The Kier molecular flexibility index (Phi) is 14.2. The number of carbonyl (C=O) groups excluding carboxylic acids is 2. The number of nitrogens with zero attached hydrogens (tertiary/aromatic N) is 2. The van der Waals surface area contributed by atoms with Crippen molar-refractivity contribution < 1.29 is 60.3 Å². The van der Waals surface area contributed by atoms with Crippen molar-refractivity contribution in [2.24, 2.45) is 4.74 Å². The second-order valence-corrected chi connectivity index (χ2v) is 17.9. The highest BCUT2D eigenvalue weighted by atomic mass is 31.2. The molecule has 1 aliphatic heterocycles. The van der Waals surface area contributed by atoms with Gasteiger partial charge >= 0.3 is 33.5 Å². The molecule has 0 spiro atoms. The zero-order valence-corrected chi connectivity index (χ0v) is 37.0. The molecule has 4 aromatic carbocycles. The van der Waals surface area contributed by atoms with E-state index in [1.807, 2.05) is 11.1 Å². The number of fused-ring (bicyclic) bond motifs is 2. The molecule has 6 rings (SSSR count). The predicted octanol–water partition coefficient (Wildman–Crippen LogP) is 6.92. The van der Waals surface area contributed by atoms with E-state index in [9.17, 15) is 24.1 Å². The second kappa shape index (κ2) is 19.1. The van der Waals surface area contributed by atoms with E-state index >= 15 is 13.3 Å². The van der Waals surface area contributed by atoms with Crippen molar-refractivity contribution in [2.75, 3.05) is 6.61 Å². The van der Waals surface area contributed by atoms with Crippen LogP contribution in [0.3, 0.4) is 0 Å². The van der Waals surface area contributed by atoms with Crippen molar-refractivity contribution in [1.82, 2.24) is 14.6 Å². The number of esters is 2. The quantitative estimate of drug-likeness (QED) is 0.0715. The van der Waals surface area contributed by atoms with Gasteiger partial charge in [-0.15, -0.1) is 0 Å². The fourth-order valence-corrected chi connectivity index (χ4v) is 9.10. The Morgan fingerprint density at radius 2 is 1.56 bits per heavy atom. The van der Waals surface area contributed by atoms with Crippen molar-refractivity contribution in [3.63, 3.8) is 0 Å². The molecule has 1 fully saturated rings. The molecule has 0 aliphatic carbocycles. The van der Waals surface area contributed by atoms with Crippen LogP contribution < -0.4 is 35.0 Å². The smallest absolute Gasteiger partial charge is 0.460 e. The molecular formula is C42H46F2N4O13P2. The molecular weight excluding hydrogens is 868 g/mol. The first kappa shape index (κ1) is 46.9. The second-order valence-electron chi connectivity index (χ2n) is 15.4. The van der Waals surface area contributed by atoms with Gasteiger partial charge in [-0.25, -0.2) is 22.9 Å². The van der Waals surface area contributed by atoms with Crippen molar-refractivity contribution in [3.8, 4) is 17.2 Å². The average molecular weight is 915 g/mol. The molecule has 5 aromatic rings. The summed E-state index contributed by atoms with van der Waals surface area (Å²) in [6, 6.07) is 19.3. The number of hydrogen-bond acceptors (Lipinski definition) is 14. The molecule has 2 heterocycles. The zero-order chi connectivity index (χ0) is 45.9. The van der Waals surface area contributed by atoms with Crippen LogP contribution in [0.25, 0.3) is 21.5 Å². The van der Waals surface area contributed by atoms with E-state index in [1.54, 1.807) is 82.3 Å². The molecule has 21 heteroatoms. The Balaban J connectivity index is 1.42. The lowest BCUT2D eigenvalue weighted by Gasteiger charge is -2.33. The largest absolute Gasteiger partial charge is 0.575 e. The Morgan fingerprint density at radius 1 is 0.921 bits per heavy atom. The van der Waals surface area contributed by atoms with E-state index in [1.165, 1.54) is 32.0 Å². The SMILES string of the molecule is CC(C)OC(=O)[C@H](C)/N=[P+](\[O-])Oc1ccc2ccccc2c1OC[C@@]1(F)O[C@@H](n2ccc(=O)[nH]c2=O)[C@](C)(F)[C@@H]1OP(=O)(N[C@@H](C)C(=O)OC(C)C)Oc1ccc2ccccc2c1. The molecule has 63 heavy (non-hydrogen) atoms. The van der Waals surface area contributed by atoms with Gasteiger partial charge in [0.25, 0.3) is 11.4 Å². The van der Waals surface area contributed by atoms with Crippen LogP contribution >= 0.6 is 15.9 Å². The van der Waals surface area contributed by atoms with Gasteiger partial charge in [-0.1, -0.05) is 65.4 Å². The van der Waals surface area contributed by atoms with Crippen LogP contribution in [0.15, 0.2) is 105 Å². The Morgan fingerprint density at radius 3 is 2.24 bits per heavy atom. The molecule has 1 aliphatic rings. The molecule has 2 N–H and O–H groups in total. The maximum Gasteiger partial charge on any atom is 0.460 e. The van der Waals surface area contributed by atoms with Gasteiger partial charge in [0.1, 0.15) is 11.8 Å². The summed E-state index contributed by atoms with van der Waals surface area (Å²) in [5.74, 6) is -5.76. The highest BCUT2D eigenvalue weighted by Gasteiger charge is 2.68. The fraction of sp³-hybridized carbons (Fsp3) is 0.381. The monoisotopic (exact) mass is 914 g/mol. The number of hydrogen-bond donors (Lipinski definition) is 2. The molecule has 8 atom stereocenters. The van der Waals surface area contributed by atoms with Gasteiger partial charge in [-0.05, 0) is 82.8 Å². The van der Waals surface area contributed by atoms with E-state index in [0.717, 1.165) is 24.6 Å². The Labute approximate surface area is 360 Å². The highest BCUT2D eigenvalue weighted by molar-refractivity contribution is 7.52. The van der Waals surface area contributed by atoms with Gasteiger partial charge in [0, 0.05) is 17.6 Å². The van der Waals surface area contributed by atoms with E-state index in [0.29, 0.717) is 15.3 Å². The predicted molar refractivity (Wildman–Crippen MR) is 226 cm³/mol. The van der Waals surface area contributed by atoms with E-state index < -0.39 is 93.9 Å². The van der Waals surface area contributed by atoms with Gasteiger partial charge in [-0.2, -0.15) is 5.09 Å². The maximum atomic E-state index is 18.0. The number of carbonyl (C=O) groups is 2. The Bertz CT molecular complexity index is 2690.